The largest absolute Gasteiger partial charge is 0.480 e. The molecule has 0 fully saturated rings. The first-order valence-electron chi connectivity index (χ1n) is 10.2. The predicted molar refractivity (Wildman–Crippen MR) is 117 cm³/mol. The highest BCUT2D eigenvalue weighted by atomic mass is 16.4. The van der Waals surface area contributed by atoms with Gasteiger partial charge in [-0.25, -0.2) is 0 Å². The van der Waals surface area contributed by atoms with Gasteiger partial charge in [-0.15, -0.1) is 0 Å². The molecule has 158 valence electrons. The summed E-state index contributed by atoms with van der Waals surface area (Å²) in [6.07, 6.45) is 2.56. The quantitative estimate of drug-likeness (QED) is 0.475. The molecule has 2 atom stereocenters. The third kappa shape index (κ3) is 5.27. The smallest absolute Gasteiger partial charge is 0.321 e. The first-order valence-corrected chi connectivity index (χ1v) is 10.2. The molecule has 0 saturated carbocycles. The van der Waals surface area contributed by atoms with Crippen molar-refractivity contribution in [2.75, 3.05) is 0 Å². The topological polar surface area (TPSA) is 91.6 Å². The minimum absolute atomic E-state index is 0.140. The summed E-state index contributed by atoms with van der Waals surface area (Å²) in [7, 11) is 0. The van der Waals surface area contributed by atoms with Gasteiger partial charge in [-0.1, -0.05) is 62.4 Å². The second-order valence-corrected chi connectivity index (χ2v) is 8.07. The Hall–Kier alpha value is -3.12. The number of benzene rings is 2. The van der Waals surface area contributed by atoms with Crippen LogP contribution in [-0.2, 0) is 22.6 Å². The van der Waals surface area contributed by atoms with Gasteiger partial charge in [0.1, 0.15) is 12.1 Å². The van der Waals surface area contributed by atoms with Crippen LogP contribution in [-0.4, -0.2) is 38.8 Å². The normalized spacial score (nSPS) is 13.4. The van der Waals surface area contributed by atoms with Crippen molar-refractivity contribution >= 4 is 22.8 Å². The molecule has 0 aliphatic heterocycles. The second kappa shape index (κ2) is 9.59. The van der Waals surface area contributed by atoms with Crippen LogP contribution in [0.1, 0.15) is 31.4 Å². The van der Waals surface area contributed by atoms with Gasteiger partial charge in [0, 0.05) is 30.1 Å². The maximum absolute atomic E-state index is 11.9. The number of fused-ring (bicyclic) bond motifs is 1. The number of para-hydroxylation sites is 1. The molecule has 0 saturated heterocycles. The Kier molecular flexibility index (Phi) is 6.90. The maximum Gasteiger partial charge on any atom is 0.321 e. The van der Waals surface area contributed by atoms with Crippen LogP contribution >= 0.6 is 0 Å². The fraction of sp³-hybridized carbons (Fsp3) is 0.333. The van der Waals surface area contributed by atoms with E-state index < -0.39 is 24.0 Å². The summed E-state index contributed by atoms with van der Waals surface area (Å²) in [5.41, 5.74) is 3.06. The van der Waals surface area contributed by atoms with Gasteiger partial charge >= 0.3 is 11.9 Å². The number of nitrogens with zero attached hydrogens (tertiary/aromatic N) is 1. The van der Waals surface area contributed by atoms with E-state index in [1.165, 1.54) is 0 Å². The van der Waals surface area contributed by atoms with Crippen molar-refractivity contribution in [1.29, 1.82) is 0 Å². The van der Waals surface area contributed by atoms with Crippen LogP contribution in [0.2, 0.25) is 0 Å². The Morgan fingerprint density at radius 1 is 0.933 bits per heavy atom. The van der Waals surface area contributed by atoms with Crippen molar-refractivity contribution in [3.63, 3.8) is 0 Å². The molecule has 1 aromatic heterocycles. The maximum atomic E-state index is 11.9. The van der Waals surface area contributed by atoms with Crippen molar-refractivity contribution < 1.29 is 19.8 Å². The summed E-state index contributed by atoms with van der Waals surface area (Å²) in [5.74, 6) is -1.94. The molecule has 0 amide bonds. The molecule has 0 aliphatic carbocycles. The minimum Gasteiger partial charge on any atom is -0.480 e. The van der Waals surface area contributed by atoms with E-state index in [0.29, 0.717) is 13.0 Å². The van der Waals surface area contributed by atoms with E-state index in [-0.39, 0.29) is 12.3 Å². The Morgan fingerprint density at radius 2 is 1.57 bits per heavy atom. The monoisotopic (exact) mass is 408 g/mol. The van der Waals surface area contributed by atoms with Crippen LogP contribution in [0.5, 0.6) is 0 Å². The summed E-state index contributed by atoms with van der Waals surface area (Å²) in [6.45, 7) is 4.52. The van der Waals surface area contributed by atoms with Gasteiger partial charge in [-0.3, -0.25) is 14.9 Å². The molecule has 3 aromatic rings. The SMILES string of the molecule is CC(C)C[C@H](NC(Cc1cn(Cc2ccccc2)c2ccccc12)C(=O)O)C(=O)O. The third-order valence-electron chi connectivity index (χ3n) is 5.20. The lowest BCUT2D eigenvalue weighted by molar-refractivity contribution is -0.142. The Labute approximate surface area is 176 Å². The number of carbonyl (C=O) groups is 2. The Morgan fingerprint density at radius 3 is 2.20 bits per heavy atom. The van der Waals surface area contributed by atoms with Crippen molar-refractivity contribution in [2.24, 2.45) is 5.92 Å². The van der Waals surface area contributed by atoms with Gasteiger partial charge in [0.05, 0.1) is 0 Å². The number of hydrogen-bond donors (Lipinski definition) is 3. The third-order valence-corrected chi connectivity index (χ3v) is 5.20. The first kappa shape index (κ1) is 21.6. The number of carboxylic acid groups (broad SMARTS) is 2. The molecule has 0 bridgehead atoms. The molecule has 0 aliphatic rings. The molecule has 30 heavy (non-hydrogen) atoms. The standard InChI is InChI=1S/C24H28N2O4/c1-16(2)12-20(23(27)28)25-21(24(29)30)13-18-15-26(14-17-8-4-3-5-9-17)22-11-7-6-10-19(18)22/h3-11,15-16,20-21,25H,12-14H2,1-2H3,(H,27,28)(H,29,30)/t20-,21?/m0/s1. The average molecular weight is 408 g/mol. The van der Waals surface area contributed by atoms with Gasteiger partial charge in [0.25, 0.3) is 0 Å². The van der Waals surface area contributed by atoms with Crippen LogP contribution in [0.3, 0.4) is 0 Å². The molecule has 6 heteroatoms. The molecular weight excluding hydrogens is 380 g/mol. The van der Waals surface area contributed by atoms with E-state index in [4.69, 9.17) is 0 Å². The lowest BCUT2D eigenvalue weighted by Crippen LogP contribution is -2.48. The molecule has 3 rings (SSSR count). The Bertz CT molecular complexity index is 1010. The minimum atomic E-state index is -1.05. The zero-order valence-electron chi connectivity index (χ0n) is 17.3. The fourth-order valence-corrected chi connectivity index (χ4v) is 3.79. The molecule has 1 unspecified atom stereocenters. The number of hydrogen-bond acceptors (Lipinski definition) is 3. The van der Waals surface area contributed by atoms with Crippen LogP contribution in [0.25, 0.3) is 10.9 Å². The Balaban J connectivity index is 1.89. The predicted octanol–water partition coefficient (Wildman–Crippen LogP) is 3.77. The van der Waals surface area contributed by atoms with E-state index in [9.17, 15) is 19.8 Å². The lowest BCUT2D eigenvalue weighted by atomic mass is 10.0. The summed E-state index contributed by atoms with van der Waals surface area (Å²) in [4.78, 5) is 23.5. The molecule has 0 radical (unpaired) electrons. The van der Waals surface area contributed by atoms with Crippen LogP contribution in [0, 0.1) is 5.92 Å². The number of carboxylic acids is 2. The highest BCUT2D eigenvalue weighted by Crippen LogP contribution is 2.24. The van der Waals surface area contributed by atoms with E-state index in [1.54, 1.807) is 0 Å². The fourth-order valence-electron chi connectivity index (χ4n) is 3.79. The average Bonchev–Trinajstić information content (AvgIpc) is 3.04. The van der Waals surface area contributed by atoms with Gasteiger partial charge in [0.2, 0.25) is 0 Å². The molecule has 1 heterocycles. The zero-order valence-corrected chi connectivity index (χ0v) is 17.3. The molecular formula is C24H28N2O4. The van der Waals surface area contributed by atoms with Crippen LogP contribution in [0.15, 0.2) is 60.8 Å². The number of aliphatic carboxylic acids is 2. The van der Waals surface area contributed by atoms with Crippen molar-refractivity contribution in [2.45, 2.75) is 45.3 Å². The summed E-state index contributed by atoms with van der Waals surface area (Å²) in [6, 6.07) is 16.1. The molecule has 2 aromatic carbocycles. The van der Waals surface area contributed by atoms with Gasteiger partial charge in [0.15, 0.2) is 0 Å². The lowest BCUT2D eigenvalue weighted by Gasteiger charge is -2.21. The number of aromatic nitrogens is 1. The van der Waals surface area contributed by atoms with Gasteiger partial charge < -0.3 is 14.8 Å². The van der Waals surface area contributed by atoms with Crippen molar-refractivity contribution in [1.82, 2.24) is 9.88 Å². The van der Waals surface area contributed by atoms with Crippen LogP contribution in [0.4, 0.5) is 0 Å². The number of nitrogens with one attached hydrogen (secondary N) is 1. The highest BCUT2D eigenvalue weighted by molar-refractivity contribution is 5.85. The summed E-state index contributed by atoms with van der Waals surface area (Å²) < 4.78 is 2.11. The van der Waals surface area contributed by atoms with E-state index in [2.05, 4.69) is 22.0 Å². The van der Waals surface area contributed by atoms with Gasteiger partial charge in [-0.2, -0.15) is 0 Å². The van der Waals surface area contributed by atoms with Crippen LogP contribution < -0.4 is 5.32 Å². The highest BCUT2D eigenvalue weighted by Gasteiger charge is 2.27. The summed E-state index contributed by atoms with van der Waals surface area (Å²) in [5, 5.41) is 23.1. The van der Waals surface area contributed by atoms with E-state index in [1.807, 2.05) is 62.5 Å². The van der Waals surface area contributed by atoms with Gasteiger partial charge in [-0.05, 0) is 29.5 Å². The molecule has 0 spiro atoms. The zero-order chi connectivity index (χ0) is 21.7. The van der Waals surface area contributed by atoms with E-state index >= 15 is 0 Å². The first-order chi connectivity index (χ1) is 14.3. The van der Waals surface area contributed by atoms with Crippen molar-refractivity contribution in [3.05, 3.63) is 71.9 Å². The second-order valence-electron chi connectivity index (χ2n) is 8.07. The molecule has 3 N–H and O–H groups in total. The molecule has 6 nitrogen and oxygen atoms in total. The summed E-state index contributed by atoms with van der Waals surface area (Å²) >= 11 is 0. The van der Waals surface area contributed by atoms with E-state index in [0.717, 1.165) is 22.0 Å². The number of rotatable bonds is 10. The van der Waals surface area contributed by atoms with Crippen molar-refractivity contribution in [3.8, 4) is 0 Å².